The molecule has 0 atom stereocenters. The number of hydrogen-bond acceptors (Lipinski definition) is 2. The summed E-state index contributed by atoms with van der Waals surface area (Å²) in [5, 5.41) is 8.39. The molecular formula is C47H28N4O. The molecule has 0 saturated carbocycles. The van der Waals surface area contributed by atoms with Crippen LogP contribution in [-0.4, -0.2) is 18.7 Å². The highest BCUT2D eigenvalue weighted by Gasteiger charge is 2.24. The molecule has 52 heavy (non-hydrogen) atoms. The number of benzene rings is 7. The third-order valence-electron chi connectivity index (χ3n) is 10.9. The fourth-order valence-electron chi connectivity index (χ4n) is 8.79. The molecule has 0 unspecified atom stereocenters. The smallest absolute Gasteiger partial charge is 0.153 e. The van der Waals surface area contributed by atoms with Crippen molar-refractivity contribution in [2.24, 2.45) is 0 Å². The molecule has 0 spiro atoms. The Morgan fingerprint density at radius 1 is 0.365 bits per heavy atom. The number of aromatic nitrogens is 4. The lowest BCUT2D eigenvalue weighted by molar-refractivity contribution is 0.668. The van der Waals surface area contributed by atoms with E-state index in [1.807, 2.05) is 18.3 Å². The highest BCUT2D eigenvalue weighted by molar-refractivity contribution is 6.31. The zero-order valence-electron chi connectivity index (χ0n) is 27.9. The first kappa shape index (κ1) is 27.7. The first-order valence-electron chi connectivity index (χ1n) is 17.6. The van der Waals surface area contributed by atoms with E-state index in [2.05, 4.69) is 170 Å². The van der Waals surface area contributed by atoms with Crippen molar-refractivity contribution < 1.29 is 4.42 Å². The lowest BCUT2D eigenvalue weighted by atomic mass is 10.1. The minimum Gasteiger partial charge on any atom is -0.454 e. The molecule has 0 bridgehead atoms. The van der Waals surface area contributed by atoms with Gasteiger partial charge in [-0.1, -0.05) is 84.9 Å². The predicted molar refractivity (Wildman–Crippen MR) is 215 cm³/mol. The van der Waals surface area contributed by atoms with E-state index in [4.69, 9.17) is 4.42 Å². The Labute approximate surface area is 296 Å². The quantitative estimate of drug-likeness (QED) is 0.189. The number of nitrogens with zero attached hydrogens (tertiary/aromatic N) is 4. The van der Waals surface area contributed by atoms with Crippen molar-refractivity contribution in [3.8, 4) is 17.1 Å². The fraction of sp³-hybridized carbons (Fsp3) is 0. The molecule has 0 aliphatic carbocycles. The van der Waals surface area contributed by atoms with E-state index in [0.29, 0.717) is 0 Å². The van der Waals surface area contributed by atoms with Crippen LogP contribution in [0.25, 0.3) is 105 Å². The standard InChI is InChI=1S/C47H28N4O/c1-3-12-29(13-4-1)49-37-18-9-7-16-34(37)43-39(49)24-22-32-33-23-25-40-44(47(33)51(46(32)43)30-14-5-2-6-15-30)35-17-8-10-19-38(35)50(40)31-21-26-41-36(28-31)45-42(52-41)20-11-27-48-45/h1-28H. The summed E-state index contributed by atoms with van der Waals surface area (Å²) in [7, 11) is 0. The second-order valence-electron chi connectivity index (χ2n) is 13.6. The van der Waals surface area contributed by atoms with E-state index >= 15 is 0 Å². The second-order valence-corrected chi connectivity index (χ2v) is 13.6. The summed E-state index contributed by atoms with van der Waals surface area (Å²) < 4.78 is 13.5. The van der Waals surface area contributed by atoms with Gasteiger partial charge in [0.1, 0.15) is 11.1 Å². The Morgan fingerprint density at radius 2 is 0.923 bits per heavy atom. The van der Waals surface area contributed by atoms with Crippen LogP contribution in [-0.2, 0) is 0 Å². The second kappa shape index (κ2) is 10.2. The van der Waals surface area contributed by atoms with Crippen molar-refractivity contribution in [2.75, 3.05) is 0 Å². The van der Waals surface area contributed by atoms with E-state index in [1.54, 1.807) is 0 Å². The molecule has 0 fully saturated rings. The van der Waals surface area contributed by atoms with Crippen molar-refractivity contribution in [3.63, 3.8) is 0 Å². The van der Waals surface area contributed by atoms with Crippen molar-refractivity contribution in [3.05, 3.63) is 170 Å². The molecule has 5 heterocycles. The van der Waals surface area contributed by atoms with E-state index in [1.165, 1.54) is 54.4 Å². The molecule has 242 valence electrons. The van der Waals surface area contributed by atoms with Gasteiger partial charge in [-0.2, -0.15) is 0 Å². The molecule has 0 aliphatic rings. The summed E-state index contributed by atoms with van der Waals surface area (Å²) in [4.78, 5) is 4.69. The van der Waals surface area contributed by atoms with Crippen molar-refractivity contribution in [1.82, 2.24) is 18.7 Å². The summed E-state index contributed by atoms with van der Waals surface area (Å²) in [5.41, 5.74) is 13.0. The molecule has 7 aromatic carbocycles. The minimum absolute atomic E-state index is 0.797. The molecule has 5 heteroatoms. The molecule has 5 nitrogen and oxygen atoms in total. The van der Waals surface area contributed by atoms with Gasteiger partial charge >= 0.3 is 0 Å². The zero-order valence-corrected chi connectivity index (χ0v) is 27.9. The van der Waals surface area contributed by atoms with E-state index < -0.39 is 0 Å². The van der Waals surface area contributed by atoms with Gasteiger partial charge < -0.3 is 18.1 Å². The van der Waals surface area contributed by atoms with Gasteiger partial charge in [-0.3, -0.25) is 4.98 Å². The Morgan fingerprint density at radius 3 is 1.56 bits per heavy atom. The summed E-state index contributed by atoms with van der Waals surface area (Å²) in [6, 6.07) is 58.8. The highest BCUT2D eigenvalue weighted by Crippen LogP contribution is 2.46. The number of para-hydroxylation sites is 4. The average Bonchev–Trinajstić information content (AvgIpc) is 3.94. The molecule has 0 N–H and O–H groups in total. The fourth-order valence-corrected chi connectivity index (χ4v) is 8.79. The van der Waals surface area contributed by atoms with Crippen LogP contribution in [0.5, 0.6) is 0 Å². The van der Waals surface area contributed by atoms with E-state index in [-0.39, 0.29) is 0 Å². The third-order valence-corrected chi connectivity index (χ3v) is 10.9. The molecule has 12 aromatic rings. The van der Waals surface area contributed by atoms with Gasteiger partial charge in [0.25, 0.3) is 0 Å². The minimum atomic E-state index is 0.797. The number of rotatable bonds is 3. The molecule has 0 amide bonds. The summed E-state index contributed by atoms with van der Waals surface area (Å²) in [5.74, 6) is 0. The van der Waals surface area contributed by atoms with Gasteiger partial charge in [-0.15, -0.1) is 0 Å². The van der Waals surface area contributed by atoms with E-state index in [0.717, 1.165) is 50.2 Å². The topological polar surface area (TPSA) is 40.8 Å². The van der Waals surface area contributed by atoms with Crippen LogP contribution in [0.15, 0.2) is 174 Å². The first-order chi connectivity index (χ1) is 25.8. The third kappa shape index (κ3) is 3.59. The van der Waals surface area contributed by atoms with Crippen LogP contribution in [0.1, 0.15) is 0 Å². The zero-order chi connectivity index (χ0) is 33.9. The summed E-state index contributed by atoms with van der Waals surface area (Å²) in [6.07, 6.45) is 1.83. The number of pyridine rings is 1. The normalized spacial score (nSPS) is 12.2. The van der Waals surface area contributed by atoms with Gasteiger partial charge in [-0.25, -0.2) is 0 Å². The Balaban J connectivity index is 1.28. The summed E-state index contributed by atoms with van der Waals surface area (Å²) >= 11 is 0. The van der Waals surface area contributed by atoms with Gasteiger partial charge in [0.15, 0.2) is 5.58 Å². The van der Waals surface area contributed by atoms with Crippen molar-refractivity contribution in [2.45, 2.75) is 0 Å². The SMILES string of the molecule is c1ccc(-n2c3ccccc3c3c2ccc2c4ccc5c(c6ccccc6n5-c5ccc6oc7cccnc7c6c5)c4n(-c4ccccc4)c23)cc1. The number of furan rings is 1. The number of fused-ring (bicyclic) bond motifs is 14. The van der Waals surface area contributed by atoms with Gasteiger partial charge in [0.2, 0.25) is 0 Å². The Hall–Kier alpha value is -7.11. The average molecular weight is 665 g/mol. The molecular weight excluding hydrogens is 637 g/mol. The van der Waals surface area contributed by atoms with Gasteiger partial charge in [-0.05, 0) is 78.9 Å². The van der Waals surface area contributed by atoms with Crippen LogP contribution in [0, 0.1) is 0 Å². The van der Waals surface area contributed by atoms with Crippen LogP contribution >= 0.6 is 0 Å². The summed E-state index contributed by atoms with van der Waals surface area (Å²) in [6.45, 7) is 0. The van der Waals surface area contributed by atoms with Gasteiger partial charge in [0.05, 0.1) is 33.1 Å². The Bertz CT molecular complexity index is 3400. The van der Waals surface area contributed by atoms with Crippen LogP contribution in [0.4, 0.5) is 0 Å². The maximum atomic E-state index is 6.17. The van der Waals surface area contributed by atoms with Crippen LogP contribution in [0.3, 0.4) is 0 Å². The van der Waals surface area contributed by atoms with Crippen LogP contribution < -0.4 is 0 Å². The first-order valence-corrected chi connectivity index (χ1v) is 17.6. The maximum Gasteiger partial charge on any atom is 0.153 e. The van der Waals surface area contributed by atoms with E-state index in [9.17, 15) is 0 Å². The van der Waals surface area contributed by atoms with Crippen molar-refractivity contribution in [1.29, 1.82) is 0 Å². The van der Waals surface area contributed by atoms with Crippen molar-refractivity contribution >= 4 is 87.5 Å². The molecule has 5 aromatic heterocycles. The lowest BCUT2D eigenvalue weighted by Gasteiger charge is -2.11. The molecule has 0 radical (unpaired) electrons. The Kier molecular flexibility index (Phi) is 5.44. The predicted octanol–water partition coefficient (Wildman–Crippen LogP) is 12.3. The highest BCUT2D eigenvalue weighted by atomic mass is 16.3. The maximum absolute atomic E-state index is 6.17. The van der Waals surface area contributed by atoms with Gasteiger partial charge in [0, 0.05) is 61.0 Å². The molecule has 12 rings (SSSR count). The number of hydrogen-bond donors (Lipinski definition) is 0. The lowest BCUT2D eigenvalue weighted by Crippen LogP contribution is -1.96. The van der Waals surface area contributed by atoms with Crippen LogP contribution in [0.2, 0.25) is 0 Å². The molecule has 0 aliphatic heterocycles. The largest absolute Gasteiger partial charge is 0.454 e. The molecule has 0 saturated heterocycles. The monoisotopic (exact) mass is 664 g/mol.